The fraction of sp³-hybridized carbons (Fsp3) is 0.700. The number of aryl methyl sites for hydroxylation is 1. The molecular formula is C20H28N2O4. The van der Waals surface area contributed by atoms with E-state index in [9.17, 15) is 4.79 Å². The summed E-state index contributed by atoms with van der Waals surface area (Å²) in [5.41, 5.74) is 2.14. The molecule has 4 rings (SSSR count). The van der Waals surface area contributed by atoms with E-state index in [-0.39, 0.29) is 23.5 Å². The van der Waals surface area contributed by atoms with Gasteiger partial charge in [-0.2, -0.15) is 0 Å². The number of ether oxygens (including phenoxy) is 3. The van der Waals surface area contributed by atoms with Gasteiger partial charge in [0, 0.05) is 44.6 Å². The molecule has 0 saturated carbocycles. The summed E-state index contributed by atoms with van der Waals surface area (Å²) in [6, 6.07) is 2.01. The van der Waals surface area contributed by atoms with Gasteiger partial charge >= 0.3 is 0 Å². The number of hydrogen-bond donors (Lipinski definition) is 0. The van der Waals surface area contributed by atoms with E-state index in [0.29, 0.717) is 39.5 Å². The Kier molecular flexibility index (Phi) is 5.25. The van der Waals surface area contributed by atoms with Crippen LogP contribution in [0.5, 0.6) is 0 Å². The van der Waals surface area contributed by atoms with Crippen LogP contribution < -0.4 is 0 Å². The Hall–Kier alpha value is -1.50. The first-order valence-corrected chi connectivity index (χ1v) is 9.67. The maximum absolute atomic E-state index is 12.6. The van der Waals surface area contributed by atoms with E-state index in [1.54, 1.807) is 6.20 Å². The number of amides is 1. The minimum absolute atomic E-state index is 0.130. The Labute approximate surface area is 154 Å². The predicted octanol–water partition coefficient (Wildman–Crippen LogP) is 2.09. The van der Waals surface area contributed by atoms with Crippen molar-refractivity contribution in [3.8, 4) is 0 Å². The van der Waals surface area contributed by atoms with Gasteiger partial charge in [0.25, 0.3) is 0 Å². The Morgan fingerprint density at radius 3 is 2.88 bits per heavy atom. The summed E-state index contributed by atoms with van der Waals surface area (Å²) < 4.78 is 17.6. The van der Waals surface area contributed by atoms with Crippen LogP contribution in [0.1, 0.15) is 36.8 Å². The largest absolute Gasteiger partial charge is 0.381 e. The first-order valence-electron chi connectivity index (χ1n) is 9.67. The summed E-state index contributed by atoms with van der Waals surface area (Å²) in [7, 11) is 0. The molecule has 1 spiro atoms. The van der Waals surface area contributed by atoms with Crippen LogP contribution in [0.4, 0.5) is 0 Å². The molecule has 3 fully saturated rings. The van der Waals surface area contributed by atoms with Gasteiger partial charge < -0.3 is 19.1 Å². The summed E-state index contributed by atoms with van der Waals surface area (Å²) in [6.45, 7) is 6.19. The summed E-state index contributed by atoms with van der Waals surface area (Å²) in [4.78, 5) is 18.8. The van der Waals surface area contributed by atoms with E-state index in [1.165, 1.54) is 5.56 Å². The number of likely N-dealkylation sites (tertiary alicyclic amines) is 1. The van der Waals surface area contributed by atoms with E-state index in [2.05, 4.69) is 11.9 Å². The SMILES string of the molecule is Cc1ccncc1COC1CCOC2(C1)CN(C(=O)C1CCOCC1)C2. The number of rotatable bonds is 4. The van der Waals surface area contributed by atoms with Crippen molar-refractivity contribution < 1.29 is 19.0 Å². The van der Waals surface area contributed by atoms with Gasteiger partial charge in [0.1, 0.15) is 5.60 Å². The molecule has 3 saturated heterocycles. The lowest BCUT2D eigenvalue weighted by Gasteiger charge is -2.53. The van der Waals surface area contributed by atoms with Crippen LogP contribution in [0.15, 0.2) is 18.5 Å². The fourth-order valence-corrected chi connectivity index (χ4v) is 4.21. The quantitative estimate of drug-likeness (QED) is 0.823. The Morgan fingerprint density at radius 2 is 2.12 bits per heavy atom. The van der Waals surface area contributed by atoms with Gasteiger partial charge in [0.2, 0.25) is 5.91 Å². The Bertz CT molecular complexity index is 638. The zero-order valence-electron chi connectivity index (χ0n) is 15.5. The van der Waals surface area contributed by atoms with Gasteiger partial charge in [-0.3, -0.25) is 9.78 Å². The molecule has 1 aromatic heterocycles. The van der Waals surface area contributed by atoms with Gasteiger partial charge in [-0.05, 0) is 43.4 Å². The number of hydrogen-bond acceptors (Lipinski definition) is 5. The van der Waals surface area contributed by atoms with Crippen LogP contribution in [0, 0.1) is 12.8 Å². The van der Waals surface area contributed by atoms with Crippen LogP contribution >= 0.6 is 0 Å². The molecule has 1 aromatic rings. The highest BCUT2D eigenvalue weighted by molar-refractivity contribution is 5.80. The highest BCUT2D eigenvalue weighted by Crippen LogP contribution is 2.37. The molecule has 0 bridgehead atoms. The molecule has 3 aliphatic heterocycles. The third-order valence-electron chi connectivity index (χ3n) is 5.91. The molecular weight excluding hydrogens is 332 g/mol. The van der Waals surface area contributed by atoms with Gasteiger partial charge in [0.05, 0.1) is 25.8 Å². The molecule has 0 aliphatic carbocycles. The van der Waals surface area contributed by atoms with Crippen molar-refractivity contribution in [3.05, 3.63) is 29.6 Å². The van der Waals surface area contributed by atoms with Crippen LogP contribution in [0.2, 0.25) is 0 Å². The van der Waals surface area contributed by atoms with E-state index < -0.39 is 0 Å². The van der Waals surface area contributed by atoms with Crippen molar-refractivity contribution in [2.24, 2.45) is 5.92 Å². The van der Waals surface area contributed by atoms with Crippen LogP contribution in [0.3, 0.4) is 0 Å². The molecule has 0 aromatic carbocycles. The van der Waals surface area contributed by atoms with Crippen molar-refractivity contribution >= 4 is 5.91 Å². The fourth-order valence-electron chi connectivity index (χ4n) is 4.21. The van der Waals surface area contributed by atoms with Crippen molar-refractivity contribution in [3.63, 3.8) is 0 Å². The second-order valence-electron chi connectivity index (χ2n) is 7.84. The van der Waals surface area contributed by atoms with E-state index in [0.717, 1.165) is 31.2 Å². The van der Waals surface area contributed by atoms with Gasteiger partial charge in [0.15, 0.2) is 0 Å². The third-order valence-corrected chi connectivity index (χ3v) is 5.91. The summed E-state index contributed by atoms with van der Waals surface area (Å²) in [5, 5.41) is 0. The minimum atomic E-state index is -0.201. The summed E-state index contributed by atoms with van der Waals surface area (Å²) in [5.74, 6) is 0.404. The molecule has 6 heteroatoms. The lowest BCUT2D eigenvalue weighted by Crippen LogP contribution is -2.68. The van der Waals surface area contributed by atoms with Crippen LogP contribution in [-0.2, 0) is 25.6 Å². The smallest absolute Gasteiger partial charge is 0.226 e. The van der Waals surface area contributed by atoms with Crippen molar-refractivity contribution in [1.82, 2.24) is 9.88 Å². The maximum Gasteiger partial charge on any atom is 0.226 e. The molecule has 6 nitrogen and oxygen atoms in total. The lowest BCUT2D eigenvalue weighted by atomic mass is 9.83. The zero-order valence-corrected chi connectivity index (χ0v) is 15.5. The normalized spacial score (nSPS) is 25.9. The highest BCUT2D eigenvalue weighted by Gasteiger charge is 2.50. The van der Waals surface area contributed by atoms with Crippen LogP contribution in [-0.4, -0.2) is 60.4 Å². The zero-order chi connectivity index (χ0) is 18.0. The number of aromatic nitrogens is 1. The average molecular weight is 360 g/mol. The summed E-state index contributed by atoms with van der Waals surface area (Å²) >= 11 is 0. The molecule has 142 valence electrons. The van der Waals surface area contributed by atoms with E-state index in [4.69, 9.17) is 14.2 Å². The van der Waals surface area contributed by atoms with Crippen molar-refractivity contribution in [1.29, 1.82) is 0 Å². The Morgan fingerprint density at radius 1 is 1.31 bits per heavy atom. The molecule has 0 radical (unpaired) electrons. The second-order valence-corrected chi connectivity index (χ2v) is 7.84. The monoisotopic (exact) mass is 360 g/mol. The van der Waals surface area contributed by atoms with E-state index in [1.807, 2.05) is 17.2 Å². The number of carbonyl (C=O) groups is 1. The molecule has 1 unspecified atom stereocenters. The molecule has 4 heterocycles. The van der Waals surface area contributed by atoms with Gasteiger partial charge in [-0.25, -0.2) is 0 Å². The van der Waals surface area contributed by atoms with Crippen molar-refractivity contribution in [2.75, 3.05) is 32.9 Å². The Balaban J connectivity index is 1.28. The van der Waals surface area contributed by atoms with Gasteiger partial charge in [-0.1, -0.05) is 0 Å². The lowest BCUT2D eigenvalue weighted by molar-refractivity contribution is -0.205. The summed E-state index contributed by atoms with van der Waals surface area (Å²) in [6.07, 6.45) is 7.34. The maximum atomic E-state index is 12.6. The highest BCUT2D eigenvalue weighted by atomic mass is 16.5. The first-order chi connectivity index (χ1) is 12.7. The number of nitrogens with zero attached hydrogens (tertiary/aromatic N) is 2. The van der Waals surface area contributed by atoms with E-state index >= 15 is 0 Å². The minimum Gasteiger partial charge on any atom is -0.381 e. The molecule has 1 atom stereocenters. The molecule has 0 N–H and O–H groups in total. The standard InChI is InChI=1S/C20H28N2O4/c1-15-2-6-21-11-17(15)12-25-18-5-9-26-20(10-18)13-22(14-20)19(23)16-3-7-24-8-4-16/h2,6,11,16,18H,3-5,7-10,12-14H2,1H3. The third kappa shape index (κ3) is 3.77. The number of carbonyl (C=O) groups excluding carboxylic acids is 1. The molecule has 1 amide bonds. The second kappa shape index (κ2) is 7.62. The van der Waals surface area contributed by atoms with Crippen molar-refractivity contribution in [2.45, 2.75) is 50.9 Å². The van der Waals surface area contributed by atoms with Gasteiger partial charge in [-0.15, -0.1) is 0 Å². The predicted molar refractivity (Wildman–Crippen MR) is 95.6 cm³/mol. The van der Waals surface area contributed by atoms with Crippen LogP contribution in [0.25, 0.3) is 0 Å². The average Bonchev–Trinajstić information content (AvgIpc) is 2.66. The number of pyridine rings is 1. The molecule has 3 aliphatic rings. The first kappa shape index (κ1) is 17.9. The topological polar surface area (TPSA) is 60.9 Å². The molecule has 26 heavy (non-hydrogen) atoms.